The SMILES string of the molecule is CCCCc1cc(Cl)cc(C(C)(C)C)c1. The zero-order valence-corrected chi connectivity index (χ0v) is 11.0. The molecule has 0 amide bonds. The molecule has 0 aliphatic rings. The first-order chi connectivity index (χ1) is 6.93. The van der Waals surface area contributed by atoms with Crippen LogP contribution >= 0.6 is 11.6 Å². The Morgan fingerprint density at radius 1 is 1.13 bits per heavy atom. The second kappa shape index (κ2) is 5.03. The summed E-state index contributed by atoms with van der Waals surface area (Å²) < 4.78 is 0. The number of hydrogen-bond donors (Lipinski definition) is 0. The van der Waals surface area contributed by atoms with Crippen molar-refractivity contribution < 1.29 is 0 Å². The molecule has 0 aromatic heterocycles. The summed E-state index contributed by atoms with van der Waals surface area (Å²) in [5, 5.41) is 0.869. The van der Waals surface area contributed by atoms with Crippen LogP contribution < -0.4 is 0 Å². The Morgan fingerprint density at radius 3 is 2.33 bits per heavy atom. The van der Waals surface area contributed by atoms with Crippen LogP contribution in [0, 0.1) is 0 Å². The lowest BCUT2D eigenvalue weighted by Crippen LogP contribution is -2.11. The van der Waals surface area contributed by atoms with Gasteiger partial charge < -0.3 is 0 Å². The molecule has 1 heteroatoms. The minimum Gasteiger partial charge on any atom is -0.0843 e. The fourth-order valence-electron chi connectivity index (χ4n) is 1.61. The van der Waals surface area contributed by atoms with Gasteiger partial charge in [-0.05, 0) is 41.5 Å². The third-order valence-corrected chi connectivity index (χ3v) is 2.86. The molecule has 84 valence electrons. The first-order valence-corrected chi connectivity index (χ1v) is 6.11. The Kier molecular flexibility index (Phi) is 4.21. The molecule has 0 aliphatic heterocycles. The summed E-state index contributed by atoms with van der Waals surface area (Å²) in [5.74, 6) is 0. The maximum absolute atomic E-state index is 6.13. The van der Waals surface area contributed by atoms with Crippen molar-refractivity contribution in [1.29, 1.82) is 0 Å². The van der Waals surface area contributed by atoms with E-state index < -0.39 is 0 Å². The molecule has 0 N–H and O–H groups in total. The Hall–Kier alpha value is -0.490. The Labute approximate surface area is 98.7 Å². The molecule has 0 saturated carbocycles. The van der Waals surface area contributed by atoms with Crippen molar-refractivity contribution in [2.24, 2.45) is 0 Å². The van der Waals surface area contributed by atoms with Crippen molar-refractivity contribution in [3.63, 3.8) is 0 Å². The zero-order valence-electron chi connectivity index (χ0n) is 10.2. The monoisotopic (exact) mass is 224 g/mol. The second-order valence-electron chi connectivity index (χ2n) is 5.20. The molecule has 0 radical (unpaired) electrons. The highest BCUT2D eigenvalue weighted by molar-refractivity contribution is 6.30. The van der Waals surface area contributed by atoms with Crippen LogP contribution in [0.2, 0.25) is 5.02 Å². The van der Waals surface area contributed by atoms with E-state index in [2.05, 4.69) is 45.9 Å². The van der Waals surface area contributed by atoms with Crippen molar-refractivity contribution >= 4 is 11.6 Å². The van der Waals surface area contributed by atoms with E-state index in [-0.39, 0.29) is 5.41 Å². The fraction of sp³-hybridized carbons (Fsp3) is 0.571. The van der Waals surface area contributed by atoms with Crippen LogP contribution in [-0.2, 0) is 11.8 Å². The van der Waals surface area contributed by atoms with Crippen LogP contribution in [0.3, 0.4) is 0 Å². The van der Waals surface area contributed by atoms with Gasteiger partial charge in [-0.15, -0.1) is 0 Å². The standard InChI is InChI=1S/C14H21Cl/c1-5-6-7-11-8-12(14(2,3)4)10-13(15)9-11/h8-10H,5-7H2,1-4H3. The van der Waals surface area contributed by atoms with E-state index in [0.717, 1.165) is 11.4 Å². The Bertz CT molecular complexity index is 321. The Balaban J connectivity index is 2.95. The van der Waals surface area contributed by atoms with E-state index in [9.17, 15) is 0 Å². The zero-order chi connectivity index (χ0) is 11.5. The van der Waals surface area contributed by atoms with Gasteiger partial charge in [-0.25, -0.2) is 0 Å². The van der Waals surface area contributed by atoms with Gasteiger partial charge in [-0.3, -0.25) is 0 Å². The molecule has 0 unspecified atom stereocenters. The summed E-state index contributed by atoms with van der Waals surface area (Å²) in [6.07, 6.45) is 3.61. The van der Waals surface area contributed by atoms with Gasteiger partial charge in [0, 0.05) is 5.02 Å². The van der Waals surface area contributed by atoms with Crippen LogP contribution in [0.15, 0.2) is 18.2 Å². The highest BCUT2D eigenvalue weighted by Crippen LogP contribution is 2.27. The molecule has 1 rings (SSSR count). The van der Waals surface area contributed by atoms with Crippen LogP contribution in [-0.4, -0.2) is 0 Å². The largest absolute Gasteiger partial charge is 0.0843 e. The highest BCUT2D eigenvalue weighted by atomic mass is 35.5. The highest BCUT2D eigenvalue weighted by Gasteiger charge is 2.14. The molecular formula is C14H21Cl. The minimum atomic E-state index is 0.186. The lowest BCUT2D eigenvalue weighted by atomic mass is 9.86. The van der Waals surface area contributed by atoms with E-state index in [4.69, 9.17) is 11.6 Å². The molecule has 1 aromatic carbocycles. The molecule has 0 saturated heterocycles. The van der Waals surface area contributed by atoms with Crippen LogP contribution in [0.25, 0.3) is 0 Å². The molecule has 0 nitrogen and oxygen atoms in total. The molecule has 0 atom stereocenters. The molecule has 1 aromatic rings. The number of benzene rings is 1. The maximum Gasteiger partial charge on any atom is 0.0411 e. The quantitative estimate of drug-likeness (QED) is 0.679. The molecule has 0 bridgehead atoms. The molecule has 15 heavy (non-hydrogen) atoms. The summed E-state index contributed by atoms with van der Waals surface area (Å²) in [6, 6.07) is 6.46. The van der Waals surface area contributed by atoms with E-state index >= 15 is 0 Å². The minimum absolute atomic E-state index is 0.186. The summed E-state index contributed by atoms with van der Waals surface area (Å²) in [7, 11) is 0. The predicted octanol–water partition coefficient (Wildman–Crippen LogP) is 4.98. The van der Waals surface area contributed by atoms with Crippen molar-refractivity contribution in [3.05, 3.63) is 34.3 Å². The van der Waals surface area contributed by atoms with Crippen molar-refractivity contribution in [2.45, 2.75) is 52.4 Å². The Morgan fingerprint density at radius 2 is 1.80 bits per heavy atom. The second-order valence-corrected chi connectivity index (χ2v) is 5.64. The van der Waals surface area contributed by atoms with Crippen molar-refractivity contribution in [2.75, 3.05) is 0 Å². The topological polar surface area (TPSA) is 0 Å². The summed E-state index contributed by atoms with van der Waals surface area (Å²) in [6.45, 7) is 8.89. The number of hydrogen-bond acceptors (Lipinski definition) is 0. The number of unbranched alkanes of at least 4 members (excludes halogenated alkanes) is 1. The molecule has 0 fully saturated rings. The average Bonchev–Trinajstić information content (AvgIpc) is 2.12. The van der Waals surface area contributed by atoms with Gasteiger partial charge in [0.05, 0.1) is 0 Å². The van der Waals surface area contributed by atoms with Crippen molar-refractivity contribution in [3.8, 4) is 0 Å². The first-order valence-electron chi connectivity index (χ1n) is 5.73. The predicted molar refractivity (Wildman–Crippen MR) is 68.8 cm³/mol. The van der Waals surface area contributed by atoms with Gasteiger partial charge in [-0.2, -0.15) is 0 Å². The molecule has 0 aliphatic carbocycles. The van der Waals surface area contributed by atoms with E-state index in [1.807, 2.05) is 0 Å². The van der Waals surface area contributed by atoms with E-state index in [1.165, 1.54) is 24.0 Å². The average molecular weight is 225 g/mol. The van der Waals surface area contributed by atoms with Gasteiger partial charge in [0.15, 0.2) is 0 Å². The summed E-state index contributed by atoms with van der Waals surface area (Å²) in [4.78, 5) is 0. The maximum atomic E-state index is 6.13. The van der Waals surface area contributed by atoms with Gasteiger partial charge in [0.1, 0.15) is 0 Å². The smallest absolute Gasteiger partial charge is 0.0411 e. The number of rotatable bonds is 3. The fourth-order valence-corrected chi connectivity index (χ4v) is 1.87. The lowest BCUT2D eigenvalue weighted by molar-refractivity contribution is 0.589. The first kappa shape index (κ1) is 12.6. The van der Waals surface area contributed by atoms with E-state index in [0.29, 0.717) is 0 Å². The third-order valence-electron chi connectivity index (χ3n) is 2.64. The normalized spacial score (nSPS) is 11.8. The van der Waals surface area contributed by atoms with Gasteiger partial charge in [0.2, 0.25) is 0 Å². The molecule has 0 spiro atoms. The van der Waals surface area contributed by atoms with Gasteiger partial charge in [-0.1, -0.05) is 51.8 Å². The number of aryl methyl sites for hydroxylation is 1. The van der Waals surface area contributed by atoms with Crippen LogP contribution in [0.1, 0.15) is 51.7 Å². The third kappa shape index (κ3) is 3.87. The van der Waals surface area contributed by atoms with Gasteiger partial charge >= 0.3 is 0 Å². The van der Waals surface area contributed by atoms with E-state index in [1.54, 1.807) is 0 Å². The van der Waals surface area contributed by atoms with Crippen LogP contribution in [0.5, 0.6) is 0 Å². The van der Waals surface area contributed by atoms with Crippen molar-refractivity contribution in [1.82, 2.24) is 0 Å². The lowest BCUT2D eigenvalue weighted by Gasteiger charge is -2.20. The summed E-state index contributed by atoms with van der Waals surface area (Å²) >= 11 is 6.13. The molecule has 0 heterocycles. The van der Waals surface area contributed by atoms with Crippen LogP contribution in [0.4, 0.5) is 0 Å². The summed E-state index contributed by atoms with van der Waals surface area (Å²) in [5.41, 5.74) is 2.89. The van der Waals surface area contributed by atoms with Gasteiger partial charge in [0.25, 0.3) is 0 Å². The molecular weight excluding hydrogens is 204 g/mol. The number of halogens is 1.